The maximum Gasteiger partial charge on any atom is 0.0991 e. The Kier molecular flexibility index (Phi) is 4.74. The van der Waals surface area contributed by atoms with Crippen LogP contribution in [0, 0.1) is 11.3 Å². The molecule has 0 aliphatic heterocycles. The third kappa shape index (κ3) is 3.62. The maximum absolute atomic E-state index is 8.89. The Hall–Kier alpha value is -3.35. The van der Waals surface area contributed by atoms with Crippen LogP contribution in [0.2, 0.25) is 5.02 Å². The van der Waals surface area contributed by atoms with Crippen LogP contribution in [0.4, 0.5) is 5.69 Å². The van der Waals surface area contributed by atoms with Gasteiger partial charge in [0.25, 0.3) is 0 Å². The smallest absolute Gasteiger partial charge is 0.0991 e. The van der Waals surface area contributed by atoms with Gasteiger partial charge >= 0.3 is 0 Å². The summed E-state index contributed by atoms with van der Waals surface area (Å²) < 4.78 is 0. The highest BCUT2D eigenvalue weighted by molar-refractivity contribution is 6.33. The average Bonchev–Trinajstić information content (AvgIpc) is 2.73. The van der Waals surface area contributed by atoms with E-state index in [1.165, 1.54) is 0 Å². The summed E-state index contributed by atoms with van der Waals surface area (Å²) in [5.74, 6) is 0. The van der Waals surface area contributed by atoms with Gasteiger partial charge in [-0.1, -0.05) is 48.0 Å². The molecule has 4 aromatic rings. The first-order valence-electron chi connectivity index (χ1n) is 8.61. The number of hydrogen-bond donors (Lipinski definition) is 1. The van der Waals surface area contributed by atoms with Crippen LogP contribution < -0.4 is 5.32 Å². The SMILES string of the molecule is N#Cc1ccc(CNc2ccc(Cl)c(-c3nccc4ccccc34)c2)cc1. The van der Waals surface area contributed by atoms with Crippen molar-refractivity contribution in [3.8, 4) is 17.3 Å². The third-order valence-electron chi connectivity index (χ3n) is 4.47. The van der Waals surface area contributed by atoms with Gasteiger partial charge in [-0.05, 0) is 47.3 Å². The number of pyridine rings is 1. The molecule has 0 bridgehead atoms. The van der Waals surface area contributed by atoms with Crippen LogP contribution in [-0.2, 0) is 6.54 Å². The second kappa shape index (κ2) is 7.49. The molecule has 0 fully saturated rings. The molecular weight excluding hydrogens is 354 g/mol. The Morgan fingerprint density at radius 3 is 2.59 bits per heavy atom. The van der Waals surface area contributed by atoms with Crippen LogP contribution in [-0.4, -0.2) is 4.98 Å². The van der Waals surface area contributed by atoms with Gasteiger partial charge in [0.1, 0.15) is 0 Å². The maximum atomic E-state index is 8.89. The first-order valence-corrected chi connectivity index (χ1v) is 8.99. The molecule has 0 aliphatic carbocycles. The van der Waals surface area contributed by atoms with Crippen LogP contribution in [0.25, 0.3) is 22.0 Å². The Morgan fingerprint density at radius 1 is 0.963 bits per heavy atom. The van der Waals surface area contributed by atoms with Crippen molar-refractivity contribution in [3.05, 3.63) is 95.1 Å². The molecule has 1 N–H and O–H groups in total. The number of nitriles is 1. The summed E-state index contributed by atoms with van der Waals surface area (Å²) in [4.78, 5) is 4.57. The van der Waals surface area contributed by atoms with E-state index in [9.17, 15) is 0 Å². The van der Waals surface area contributed by atoms with E-state index in [1.54, 1.807) is 0 Å². The Bertz CT molecular complexity index is 1140. The van der Waals surface area contributed by atoms with Gasteiger partial charge in [-0.3, -0.25) is 4.98 Å². The van der Waals surface area contributed by atoms with Gasteiger partial charge in [-0.25, -0.2) is 0 Å². The molecule has 3 nitrogen and oxygen atoms in total. The van der Waals surface area contributed by atoms with Gasteiger partial charge in [0, 0.05) is 29.4 Å². The van der Waals surface area contributed by atoms with Crippen LogP contribution in [0.5, 0.6) is 0 Å². The van der Waals surface area contributed by atoms with E-state index in [0.29, 0.717) is 17.1 Å². The Labute approximate surface area is 162 Å². The van der Waals surface area contributed by atoms with Crippen molar-refractivity contribution in [2.24, 2.45) is 0 Å². The summed E-state index contributed by atoms with van der Waals surface area (Å²) in [6, 6.07) is 25.7. The minimum absolute atomic E-state index is 0.662. The van der Waals surface area contributed by atoms with Crippen LogP contribution >= 0.6 is 11.6 Å². The summed E-state index contributed by atoms with van der Waals surface area (Å²) in [5, 5.41) is 15.2. The lowest BCUT2D eigenvalue weighted by Gasteiger charge is -2.12. The van der Waals surface area contributed by atoms with Crippen LogP contribution in [0.3, 0.4) is 0 Å². The molecular formula is C23H16ClN3. The summed E-state index contributed by atoms with van der Waals surface area (Å²) in [7, 11) is 0. The Morgan fingerprint density at radius 2 is 1.78 bits per heavy atom. The summed E-state index contributed by atoms with van der Waals surface area (Å²) in [6.07, 6.45) is 1.81. The molecule has 0 unspecified atom stereocenters. The molecule has 1 heterocycles. The predicted molar refractivity (Wildman–Crippen MR) is 111 cm³/mol. The van der Waals surface area contributed by atoms with E-state index in [1.807, 2.05) is 66.9 Å². The second-order valence-electron chi connectivity index (χ2n) is 6.24. The molecule has 0 saturated carbocycles. The highest BCUT2D eigenvalue weighted by atomic mass is 35.5. The van der Waals surface area contributed by atoms with Crippen molar-refractivity contribution < 1.29 is 0 Å². The van der Waals surface area contributed by atoms with E-state index < -0.39 is 0 Å². The van der Waals surface area contributed by atoms with E-state index in [-0.39, 0.29) is 0 Å². The van der Waals surface area contributed by atoms with Crippen molar-refractivity contribution >= 4 is 28.1 Å². The van der Waals surface area contributed by atoms with Crippen molar-refractivity contribution in [1.82, 2.24) is 4.98 Å². The fourth-order valence-electron chi connectivity index (χ4n) is 3.05. The number of aromatic nitrogens is 1. The molecule has 0 spiro atoms. The zero-order valence-electron chi connectivity index (χ0n) is 14.5. The number of fused-ring (bicyclic) bond motifs is 1. The van der Waals surface area contributed by atoms with Gasteiger partial charge in [-0.2, -0.15) is 5.26 Å². The van der Waals surface area contributed by atoms with Crippen molar-refractivity contribution in [3.63, 3.8) is 0 Å². The quantitative estimate of drug-likeness (QED) is 0.477. The molecule has 0 radical (unpaired) electrons. The number of halogens is 1. The molecule has 130 valence electrons. The largest absolute Gasteiger partial charge is 0.381 e. The lowest BCUT2D eigenvalue weighted by Crippen LogP contribution is -2.00. The van der Waals surface area contributed by atoms with Gasteiger partial charge in [0.2, 0.25) is 0 Å². The average molecular weight is 370 g/mol. The summed E-state index contributed by atoms with van der Waals surface area (Å²) in [6.45, 7) is 0.662. The van der Waals surface area contributed by atoms with Gasteiger partial charge in [-0.15, -0.1) is 0 Å². The molecule has 0 amide bonds. The Balaban J connectivity index is 1.64. The number of nitrogens with zero attached hydrogens (tertiary/aromatic N) is 2. The molecule has 1 aromatic heterocycles. The van der Waals surface area contributed by atoms with Gasteiger partial charge < -0.3 is 5.32 Å². The van der Waals surface area contributed by atoms with Gasteiger partial charge in [0.15, 0.2) is 0 Å². The lowest BCUT2D eigenvalue weighted by atomic mass is 10.0. The molecule has 0 saturated heterocycles. The first kappa shape index (κ1) is 17.1. The fourth-order valence-corrected chi connectivity index (χ4v) is 3.26. The third-order valence-corrected chi connectivity index (χ3v) is 4.80. The van der Waals surface area contributed by atoms with E-state index in [0.717, 1.165) is 33.3 Å². The number of rotatable bonds is 4. The molecule has 3 aromatic carbocycles. The standard InChI is InChI=1S/C23H16ClN3/c24-22-10-9-19(27-15-17-7-5-16(14-25)6-8-17)13-21(22)23-20-4-2-1-3-18(20)11-12-26-23/h1-13,27H,15H2. The molecule has 0 aliphatic rings. The van der Waals surface area contributed by atoms with Gasteiger partial charge in [0.05, 0.1) is 22.3 Å². The lowest BCUT2D eigenvalue weighted by molar-refractivity contribution is 1.15. The fraction of sp³-hybridized carbons (Fsp3) is 0.0435. The predicted octanol–water partition coefficient (Wildman–Crippen LogP) is 6.04. The van der Waals surface area contributed by atoms with Crippen molar-refractivity contribution in [1.29, 1.82) is 5.26 Å². The number of benzene rings is 3. The van der Waals surface area contributed by atoms with Crippen LogP contribution in [0.15, 0.2) is 79.0 Å². The zero-order valence-corrected chi connectivity index (χ0v) is 15.2. The molecule has 4 heteroatoms. The minimum atomic E-state index is 0.662. The van der Waals surface area contributed by atoms with E-state index in [4.69, 9.17) is 16.9 Å². The van der Waals surface area contributed by atoms with Crippen LogP contribution in [0.1, 0.15) is 11.1 Å². The molecule has 4 rings (SSSR count). The minimum Gasteiger partial charge on any atom is -0.381 e. The monoisotopic (exact) mass is 369 g/mol. The topological polar surface area (TPSA) is 48.7 Å². The summed E-state index contributed by atoms with van der Waals surface area (Å²) >= 11 is 6.48. The van der Waals surface area contributed by atoms with E-state index in [2.05, 4.69) is 28.5 Å². The summed E-state index contributed by atoms with van der Waals surface area (Å²) in [5.41, 5.74) is 4.51. The second-order valence-corrected chi connectivity index (χ2v) is 6.64. The number of hydrogen-bond acceptors (Lipinski definition) is 3. The highest BCUT2D eigenvalue weighted by Crippen LogP contribution is 2.33. The van der Waals surface area contributed by atoms with E-state index >= 15 is 0 Å². The molecule has 0 atom stereocenters. The number of anilines is 1. The number of nitrogens with one attached hydrogen (secondary N) is 1. The molecule has 27 heavy (non-hydrogen) atoms. The van der Waals surface area contributed by atoms with Crippen molar-refractivity contribution in [2.45, 2.75) is 6.54 Å². The van der Waals surface area contributed by atoms with Crippen molar-refractivity contribution in [2.75, 3.05) is 5.32 Å². The highest BCUT2D eigenvalue weighted by Gasteiger charge is 2.10. The normalized spacial score (nSPS) is 10.5. The first-order chi connectivity index (χ1) is 13.2. The zero-order chi connectivity index (χ0) is 18.6.